The van der Waals surface area contributed by atoms with E-state index in [2.05, 4.69) is 34.2 Å². The highest BCUT2D eigenvalue weighted by atomic mass is 32.2. The Morgan fingerprint density at radius 1 is 1.12 bits per heavy atom. The Balaban J connectivity index is 0.00000141. The monoisotopic (exact) mass is 597 g/mol. The smallest absolute Gasteiger partial charge is 0.166 e. The lowest BCUT2D eigenvalue weighted by Gasteiger charge is -2.35. The Bertz CT molecular complexity index is 1460. The number of alkyl halides is 4. The molecule has 1 fully saturated rings. The zero-order valence-corrected chi connectivity index (χ0v) is 24.6. The predicted molar refractivity (Wildman–Crippen MR) is 165 cm³/mol. The van der Waals surface area contributed by atoms with Crippen molar-refractivity contribution in [2.24, 2.45) is 0 Å². The van der Waals surface area contributed by atoms with Crippen LogP contribution < -0.4 is 15.4 Å². The van der Waals surface area contributed by atoms with Crippen LogP contribution in [0.3, 0.4) is 0 Å². The number of nitrogens with zero attached hydrogens (tertiary/aromatic N) is 1. The first kappa shape index (κ1) is 33.9. The van der Waals surface area contributed by atoms with Crippen molar-refractivity contribution in [1.29, 1.82) is 0 Å². The summed E-state index contributed by atoms with van der Waals surface area (Å²) in [6.45, 7) is -0.452. The number of benzene rings is 2. The van der Waals surface area contributed by atoms with E-state index in [1.165, 1.54) is 4.57 Å². The quantitative estimate of drug-likeness (QED) is 0.119. The molecule has 1 saturated carbocycles. The maximum atomic E-state index is 14.6. The molecule has 1 aromatic heterocycles. The molecule has 2 aromatic carbocycles. The van der Waals surface area contributed by atoms with Gasteiger partial charge in [0.2, 0.25) is 0 Å². The van der Waals surface area contributed by atoms with E-state index in [-0.39, 0.29) is 19.3 Å². The lowest BCUT2D eigenvalue weighted by Crippen LogP contribution is -2.45. The second kappa shape index (κ2) is 15.1. The molecule has 0 aliphatic heterocycles. The normalized spacial score (nSPS) is 17.6. The van der Waals surface area contributed by atoms with Gasteiger partial charge in [-0.3, -0.25) is 8.78 Å². The molecule has 0 saturated heterocycles. The van der Waals surface area contributed by atoms with Crippen molar-refractivity contribution in [3.05, 3.63) is 48.2 Å². The van der Waals surface area contributed by atoms with E-state index in [4.69, 9.17) is 4.74 Å². The predicted octanol–water partition coefficient (Wildman–Crippen LogP) is 5.85. The van der Waals surface area contributed by atoms with Gasteiger partial charge in [-0.15, -0.1) is 0 Å². The zero-order chi connectivity index (χ0) is 30.8. The first-order valence-electron chi connectivity index (χ1n) is 12.7. The van der Waals surface area contributed by atoms with Crippen LogP contribution in [0.15, 0.2) is 47.4 Å². The van der Waals surface area contributed by atoms with Gasteiger partial charge in [-0.1, -0.05) is 23.7 Å². The number of hydrogen-bond donors (Lipinski definition) is 4. The number of anilines is 2. The van der Waals surface area contributed by atoms with Crippen molar-refractivity contribution in [2.75, 3.05) is 44.9 Å². The fourth-order valence-electron chi connectivity index (χ4n) is 4.53. The second-order valence-electron chi connectivity index (χ2n) is 9.60. The molecule has 226 valence electrons. The second-order valence-corrected chi connectivity index (χ2v) is 12.6. The van der Waals surface area contributed by atoms with Gasteiger partial charge < -0.3 is 30.2 Å². The van der Waals surface area contributed by atoms with Crippen molar-refractivity contribution in [3.63, 3.8) is 0 Å². The van der Waals surface area contributed by atoms with Crippen molar-refractivity contribution < 1.29 is 32.5 Å². The minimum absolute atomic E-state index is 0.0783. The third-order valence-electron chi connectivity index (χ3n) is 6.55. The van der Waals surface area contributed by atoms with Crippen LogP contribution in [0.25, 0.3) is 10.9 Å². The Hall–Kier alpha value is -3.33. The molecule has 4 rings (SSSR count). The van der Waals surface area contributed by atoms with E-state index in [9.17, 15) is 27.8 Å². The van der Waals surface area contributed by atoms with Crippen LogP contribution in [0.4, 0.5) is 28.9 Å². The number of halogens is 4. The van der Waals surface area contributed by atoms with Crippen molar-refractivity contribution in [1.82, 2.24) is 4.57 Å². The zero-order valence-electron chi connectivity index (χ0n) is 23.8. The Kier molecular flexibility index (Phi) is 12.4. The summed E-state index contributed by atoms with van der Waals surface area (Å²) in [5, 5.41) is 26.6. The molecule has 0 radical (unpaired) electrons. The molecule has 0 amide bonds. The van der Waals surface area contributed by atoms with E-state index in [0.29, 0.717) is 43.5 Å². The number of hydrogen-bond acceptors (Lipinski definition) is 5. The van der Waals surface area contributed by atoms with Crippen molar-refractivity contribution in [2.45, 2.75) is 49.0 Å². The van der Waals surface area contributed by atoms with E-state index in [1.54, 1.807) is 31.4 Å². The maximum absolute atomic E-state index is 14.6. The molecule has 0 bridgehead atoms. The highest BCUT2D eigenvalue weighted by Gasteiger charge is 2.38. The fourth-order valence-corrected chi connectivity index (χ4v) is 5.32. The summed E-state index contributed by atoms with van der Waals surface area (Å²) in [5.41, 5.74) is 2.56. The molecule has 6 nitrogen and oxygen atoms in total. The van der Waals surface area contributed by atoms with Gasteiger partial charge in [0, 0.05) is 23.9 Å². The number of methoxy groups -OCH3 is 1. The standard InChI is InChI=1S/C28H33F2N3O3S.2CH3F/c1-36-27-16-20(37(2,3)4)10-11-25(27)31-14-6-7-19-15-21-23(8-5-9-26(21)33(19)18-29)32-24-12-13-28(34,35)17-22(24)30;2*1-2/h5,8-11,15-16,22,24,31-32,34-35H,2-3,12-14,17-18H2,1,4H3;2*1H3. The van der Waals surface area contributed by atoms with Crippen LogP contribution in [0.1, 0.15) is 25.0 Å². The summed E-state index contributed by atoms with van der Waals surface area (Å²) >= 11 is 0. The number of nitrogens with one attached hydrogen (secondary N) is 2. The summed E-state index contributed by atoms with van der Waals surface area (Å²) in [4.78, 5) is 1.03. The summed E-state index contributed by atoms with van der Waals surface area (Å²) in [5.74, 6) is 13.0. The number of ether oxygens (including phenoxy) is 1. The van der Waals surface area contributed by atoms with Gasteiger partial charge >= 0.3 is 0 Å². The lowest BCUT2D eigenvalue weighted by atomic mass is 9.88. The third kappa shape index (κ3) is 8.58. The number of aliphatic hydroxyl groups is 2. The maximum Gasteiger partial charge on any atom is 0.166 e. The van der Waals surface area contributed by atoms with Crippen LogP contribution >= 0.6 is 9.21 Å². The molecule has 3 aromatic rings. The van der Waals surface area contributed by atoms with Crippen molar-refractivity contribution >= 4 is 43.2 Å². The van der Waals surface area contributed by atoms with E-state index in [1.807, 2.05) is 24.5 Å². The molecule has 1 aliphatic rings. The van der Waals surface area contributed by atoms with E-state index >= 15 is 0 Å². The number of fused-ring (bicyclic) bond motifs is 1. The molecule has 1 heterocycles. The lowest BCUT2D eigenvalue weighted by molar-refractivity contribution is -0.193. The van der Waals surface area contributed by atoms with Gasteiger partial charge in [0.1, 0.15) is 11.9 Å². The molecular formula is C30H39F4N3O3S. The minimum atomic E-state index is -1.98. The average molecular weight is 598 g/mol. The van der Waals surface area contributed by atoms with Gasteiger partial charge in [-0.2, -0.15) is 9.21 Å². The first-order chi connectivity index (χ1) is 19.5. The van der Waals surface area contributed by atoms with Crippen LogP contribution in [-0.4, -0.2) is 78.8 Å². The summed E-state index contributed by atoms with van der Waals surface area (Å²) < 4.78 is 54.5. The van der Waals surface area contributed by atoms with E-state index in [0.717, 1.165) is 16.0 Å². The highest BCUT2D eigenvalue weighted by molar-refractivity contribution is 8.27. The van der Waals surface area contributed by atoms with Gasteiger partial charge in [0.15, 0.2) is 12.6 Å². The average Bonchev–Trinajstić information content (AvgIpc) is 3.32. The Morgan fingerprint density at radius 2 is 1.83 bits per heavy atom. The summed E-state index contributed by atoms with van der Waals surface area (Å²) in [6, 6.07) is 12.4. The molecule has 11 heteroatoms. The van der Waals surface area contributed by atoms with Gasteiger partial charge in [-0.25, -0.2) is 8.78 Å². The molecular weight excluding hydrogens is 558 g/mol. The third-order valence-corrected chi connectivity index (χ3v) is 7.94. The van der Waals surface area contributed by atoms with E-state index < -0.39 is 34.0 Å². The SMILES string of the molecule is C=S(=C)(C)c1ccc(NCC#Cc2cc3c(NC4CCC(O)(O)CC4F)cccc3n2CF)c(OC)c1.CF.CF. The largest absolute Gasteiger partial charge is 0.495 e. The molecule has 0 spiro atoms. The summed E-state index contributed by atoms with van der Waals surface area (Å²) in [7, 11) is 1.22. The summed E-state index contributed by atoms with van der Waals surface area (Å²) in [6.07, 6.45) is 0.575. The van der Waals surface area contributed by atoms with Crippen LogP contribution in [-0.2, 0) is 6.80 Å². The van der Waals surface area contributed by atoms with Crippen LogP contribution in [0.2, 0.25) is 0 Å². The van der Waals surface area contributed by atoms with Crippen molar-refractivity contribution in [3.8, 4) is 17.6 Å². The van der Waals surface area contributed by atoms with Gasteiger partial charge in [0.25, 0.3) is 0 Å². The Labute approximate surface area is 239 Å². The topological polar surface area (TPSA) is 78.7 Å². The molecule has 4 N–H and O–H groups in total. The van der Waals surface area contributed by atoms with Gasteiger partial charge in [-0.05, 0) is 59.9 Å². The number of rotatable bonds is 7. The molecule has 2 unspecified atom stereocenters. The van der Waals surface area contributed by atoms with Crippen LogP contribution in [0, 0.1) is 11.8 Å². The highest BCUT2D eigenvalue weighted by Crippen LogP contribution is 2.35. The Morgan fingerprint density at radius 3 is 2.44 bits per heavy atom. The molecule has 41 heavy (non-hydrogen) atoms. The number of aromatic nitrogens is 1. The molecule has 2 atom stereocenters. The first-order valence-corrected chi connectivity index (χ1v) is 15.0. The fraction of sp³-hybridized carbons (Fsp3) is 0.400. The molecule has 1 aliphatic carbocycles. The minimum Gasteiger partial charge on any atom is -0.495 e. The van der Waals surface area contributed by atoms with Crippen LogP contribution in [0.5, 0.6) is 5.75 Å². The van der Waals surface area contributed by atoms with Gasteiger partial charge in [0.05, 0.1) is 50.9 Å².